The second kappa shape index (κ2) is 6.59. The van der Waals surface area contributed by atoms with Gasteiger partial charge >= 0.3 is 0 Å². The van der Waals surface area contributed by atoms with Crippen LogP contribution in [-0.2, 0) is 13.0 Å². The molecule has 0 saturated heterocycles. The number of methoxy groups -OCH3 is 1. The van der Waals surface area contributed by atoms with Crippen LogP contribution in [0.4, 0.5) is 5.69 Å². The zero-order valence-corrected chi connectivity index (χ0v) is 13.8. The number of aromatic nitrogens is 1. The molecule has 0 saturated carbocycles. The first-order chi connectivity index (χ1) is 9.13. The molecule has 0 spiro atoms. The molecule has 102 valence electrons. The molecule has 1 aromatic carbocycles. The summed E-state index contributed by atoms with van der Waals surface area (Å²) >= 11 is 11.2. The number of aryl methyl sites for hydroxylation is 1. The molecule has 0 atom stereocenters. The third-order valence-electron chi connectivity index (χ3n) is 2.57. The van der Waals surface area contributed by atoms with Gasteiger partial charge in [-0.3, -0.25) is 0 Å². The summed E-state index contributed by atoms with van der Waals surface area (Å²) in [6.45, 7) is 2.81. The molecule has 3 nitrogen and oxygen atoms in total. The fourth-order valence-corrected chi connectivity index (χ4v) is 3.45. The molecule has 0 radical (unpaired) electrons. The van der Waals surface area contributed by atoms with Gasteiger partial charge in [0.1, 0.15) is 0 Å². The lowest BCUT2D eigenvalue weighted by atomic mass is 10.3. The van der Waals surface area contributed by atoms with Gasteiger partial charge in [-0.15, -0.1) is 11.3 Å². The summed E-state index contributed by atoms with van der Waals surface area (Å²) in [7, 11) is 1.64. The van der Waals surface area contributed by atoms with Crippen molar-refractivity contribution in [2.24, 2.45) is 0 Å². The Hall–Kier alpha value is -0.780. The Balaban J connectivity index is 2.14. The first-order valence-corrected chi connectivity index (χ1v) is 7.83. The van der Waals surface area contributed by atoms with Crippen molar-refractivity contribution >= 4 is 44.6 Å². The average Bonchev–Trinajstić information content (AvgIpc) is 2.83. The van der Waals surface area contributed by atoms with Crippen LogP contribution in [0.1, 0.15) is 16.8 Å². The normalized spacial score (nSPS) is 10.5. The first-order valence-electron chi connectivity index (χ1n) is 5.84. The van der Waals surface area contributed by atoms with Crippen molar-refractivity contribution in [3.63, 3.8) is 0 Å². The molecule has 0 aliphatic heterocycles. The van der Waals surface area contributed by atoms with E-state index < -0.39 is 0 Å². The number of nitrogens with zero attached hydrogens (tertiary/aromatic N) is 1. The SMILES string of the molecule is CCc1ncc(CNc2cc(Cl)cc(Br)c2OC)s1. The van der Waals surface area contributed by atoms with E-state index in [1.54, 1.807) is 18.4 Å². The molecule has 2 aromatic rings. The van der Waals surface area contributed by atoms with Crippen LogP contribution in [0.3, 0.4) is 0 Å². The quantitative estimate of drug-likeness (QED) is 0.835. The Morgan fingerprint density at radius 1 is 1.47 bits per heavy atom. The van der Waals surface area contributed by atoms with Crippen LogP contribution in [0, 0.1) is 0 Å². The van der Waals surface area contributed by atoms with Crippen molar-refractivity contribution in [1.82, 2.24) is 4.98 Å². The van der Waals surface area contributed by atoms with Crippen LogP contribution in [-0.4, -0.2) is 12.1 Å². The number of nitrogens with one attached hydrogen (secondary N) is 1. The monoisotopic (exact) mass is 360 g/mol. The van der Waals surface area contributed by atoms with E-state index in [-0.39, 0.29) is 0 Å². The average molecular weight is 362 g/mol. The highest BCUT2D eigenvalue weighted by atomic mass is 79.9. The lowest BCUT2D eigenvalue weighted by Gasteiger charge is -2.12. The Labute approximate surface area is 130 Å². The highest BCUT2D eigenvalue weighted by Crippen LogP contribution is 2.36. The van der Waals surface area contributed by atoms with Crippen molar-refractivity contribution in [2.45, 2.75) is 19.9 Å². The highest BCUT2D eigenvalue weighted by Gasteiger charge is 2.09. The molecule has 1 heterocycles. The minimum atomic E-state index is 0.661. The van der Waals surface area contributed by atoms with Gasteiger partial charge in [-0.1, -0.05) is 18.5 Å². The number of halogens is 2. The molecule has 0 bridgehead atoms. The summed E-state index contributed by atoms with van der Waals surface area (Å²) < 4.78 is 6.20. The van der Waals surface area contributed by atoms with Gasteiger partial charge in [0.15, 0.2) is 5.75 Å². The molecule has 6 heteroatoms. The maximum absolute atomic E-state index is 6.05. The van der Waals surface area contributed by atoms with Gasteiger partial charge in [-0.05, 0) is 34.5 Å². The lowest BCUT2D eigenvalue weighted by Crippen LogP contribution is -2.00. The van der Waals surface area contributed by atoms with Crippen molar-refractivity contribution in [2.75, 3.05) is 12.4 Å². The van der Waals surface area contributed by atoms with Crippen molar-refractivity contribution in [3.05, 3.63) is 37.7 Å². The van der Waals surface area contributed by atoms with E-state index in [0.717, 1.165) is 27.3 Å². The van der Waals surface area contributed by atoms with Crippen LogP contribution in [0.25, 0.3) is 0 Å². The van der Waals surface area contributed by atoms with E-state index in [2.05, 4.69) is 33.2 Å². The van der Waals surface area contributed by atoms with Gasteiger partial charge in [0.05, 0.1) is 28.8 Å². The number of anilines is 1. The Morgan fingerprint density at radius 3 is 2.89 bits per heavy atom. The largest absolute Gasteiger partial charge is 0.493 e. The smallest absolute Gasteiger partial charge is 0.156 e. The van der Waals surface area contributed by atoms with E-state index in [0.29, 0.717) is 11.6 Å². The van der Waals surface area contributed by atoms with Crippen LogP contribution in [0.2, 0.25) is 5.02 Å². The van der Waals surface area contributed by atoms with Crippen molar-refractivity contribution in [3.8, 4) is 5.75 Å². The fourth-order valence-electron chi connectivity index (χ4n) is 1.67. The van der Waals surface area contributed by atoms with Gasteiger partial charge in [0.25, 0.3) is 0 Å². The summed E-state index contributed by atoms with van der Waals surface area (Å²) in [5, 5.41) is 5.14. The number of benzene rings is 1. The molecule has 0 fully saturated rings. The molecule has 1 N–H and O–H groups in total. The molecule has 0 amide bonds. The summed E-state index contributed by atoms with van der Waals surface area (Å²) in [5.74, 6) is 0.754. The van der Waals surface area contributed by atoms with E-state index in [1.807, 2.05) is 18.3 Å². The maximum Gasteiger partial charge on any atom is 0.156 e. The number of rotatable bonds is 5. The molecule has 2 rings (SSSR count). The fraction of sp³-hybridized carbons (Fsp3) is 0.308. The lowest BCUT2D eigenvalue weighted by molar-refractivity contribution is 0.414. The van der Waals surface area contributed by atoms with Gasteiger partial charge in [0, 0.05) is 16.1 Å². The summed E-state index contributed by atoms with van der Waals surface area (Å²) in [6, 6.07) is 3.67. The topological polar surface area (TPSA) is 34.2 Å². The molecule has 0 unspecified atom stereocenters. The zero-order valence-electron chi connectivity index (χ0n) is 10.7. The third kappa shape index (κ3) is 3.61. The standard InChI is InChI=1S/C13H14BrClN2OS/c1-3-12-17-7-9(19-12)6-16-11-5-8(15)4-10(14)13(11)18-2/h4-5,7,16H,3,6H2,1-2H3. The van der Waals surface area contributed by atoms with Crippen LogP contribution < -0.4 is 10.1 Å². The second-order valence-electron chi connectivity index (χ2n) is 3.90. The maximum atomic E-state index is 6.05. The molecule has 0 aliphatic carbocycles. The van der Waals surface area contributed by atoms with E-state index in [4.69, 9.17) is 16.3 Å². The minimum Gasteiger partial charge on any atom is -0.493 e. The summed E-state index contributed by atoms with van der Waals surface area (Å²) in [4.78, 5) is 5.53. The molecule has 19 heavy (non-hydrogen) atoms. The highest BCUT2D eigenvalue weighted by molar-refractivity contribution is 9.10. The van der Waals surface area contributed by atoms with E-state index in [1.165, 1.54) is 4.88 Å². The van der Waals surface area contributed by atoms with E-state index >= 15 is 0 Å². The molecular weight excluding hydrogens is 348 g/mol. The Kier molecular flexibility index (Phi) is 5.07. The number of hydrogen-bond acceptors (Lipinski definition) is 4. The van der Waals surface area contributed by atoms with Crippen molar-refractivity contribution < 1.29 is 4.74 Å². The summed E-state index contributed by atoms with van der Waals surface area (Å²) in [6.07, 6.45) is 2.87. The van der Waals surface area contributed by atoms with Crippen LogP contribution in [0.15, 0.2) is 22.8 Å². The minimum absolute atomic E-state index is 0.661. The van der Waals surface area contributed by atoms with E-state index in [9.17, 15) is 0 Å². The predicted octanol–water partition coefficient (Wildman–Crippen LogP) is 4.74. The number of thiazole rings is 1. The number of ether oxygens (including phenoxy) is 1. The number of hydrogen-bond donors (Lipinski definition) is 1. The van der Waals surface area contributed by atoms with Crippen LogP contribution in [0.5, 0.6) is 5.75 Å². The van der Waals surface area contributed by atoms with Gasteiger partial charge in [0.2, 0.25) is 0 Å². The first kappa shape index (κ1) is 14.6. The van der Waals surface area contributed by atoms with Crippen molar-refractivity contribution in [1.29, 1.82) is 0 Å². The molecule has 1 aromatic heterocycles. The summed E-state index contributed by atoms with van der Waals surface area (Å²) in [5.41, 5.74) is 0.869. The zero-order chi connectivity index (χ0) is 13.8. The van der Waals surface area contributed by atoms with Gasteiger partial charge in [-0.2, -0.15) is 0 Å². The second-order valence-corrected chi connectivity index (χ2v) is 6.39. The Morgan fingerprint density at radius 2 is 2.26 bits per heavy atom. The Bertz CT molecular complexity index is 574. The predicted molar refractivity (Wildman–Crippen MR) is 84.5 cm³/mol. The molecule has 0 aliphatic rings. The van der Waals surface area contributed by atoms with Crippen LogP contribution >= 0.6 is 38.9 Å². The van der Waals surface area contributed by atoms with Gasteiger partial charge in [-0.25, -0.2) is 4.98 Å². The van der Waals surface area contributed by atoms with Gasteiger partial charge < -0.3 is 10.1 Å². The molecular formula is C13H14BrClN2OS. The third-order valence-corrected chi connectivity index (χ3v) is 4.52.